The van der Waals surface area contributed by atoms with E-state index in [1.807, 2.05) is 25.1 Å². The zero-order valence-electron chi connectivity index (χ0n) is 16.0. The molecule has 0 aliphatic heterocycles. The number of ketones is 1. The van der Waals surface area contributed by atoms with Crippen LogP contribution in [0.25, 0.3) is 0 Å². The van der Waals surface area contributed by atoms with Gasteiger partial charge in [-0.05, 0) is 86.5 Å². The Labute approximate surface area is 165 Å². The predicted octanol–water partition coefficient (Wildman–Crippen LogP) is 5.05. The Morgan fingerprint density at radius 3 is 1.89 bits per heavy atom. The van der Waals surface area contributed by atoms with E-state index in [1.165, 1.54) is 6.92 Å². The van der Waals surface area contributed by atoms with Gasteiger partial charge in [-0.1, -0.05) is 12.1 Å². The van der Waals surface area contributed by atoms with Gasteiger partial charge in [-0.25, -0.2) is 8.42 Å². The van der Waals surface area contributed by atoms with Crippen molar-refractivity contribution in [3.63, 3.8) is 0 Å². The molecule has 3 aromatic rings. The summed E-state index contributed by atoms with van der Waals surface area (Å²) in [5, 5.41) is 3.22. The van der Waals surface area contributed by atoms with E-state index >= 15 is 0 Å². The quantitative estimate of drug-likeness (QED) is 0.574. The van der Waals surface area contributed by atoms with E-state index in [-0.39, 0.29) is 10.7 Å². The molecule has 0 aliphatic carbocycles. The molecule has 0 aromatic heterocycles. The van der Waals surface area contributed by atoms with Crippen molar-refractivity contribution >= 4 is 32.9 Å². The van der Waals surface area contributed by atoms with Crippen LogP contribution in [0.5, 0.6) is 0 Å². The summed E-state index contributed by atoms with van der Waals surface area (Å²) in [6.45, 7) is 5.17. The summed E-state index contributed by atoms with van der Waals surface area (Å²) in [5.74, 6) is 0.0204. The molecule has 2 N–H and O–H groups in total. The van der Waals surface area contributed by atoms with Gasteiger partial charge in [0.2, 0.25) is 0 Å². The Kier molecular flexibility index (Phi) is 5.51. The number of rotatable bonds is 6. The van der Waals surface area contributed by atoms with E-state index in [0.29, 0.717) is 16.8 Å². The molecule has 28 heavy (non-hydrogen) atoms. The lowest BCUT2D eigenvalue weighted by molar-refractivity contribution is 0.101. The summed E-state index contributed by atoms with van der Waals surface area (Å²) in [4.78, 5) is 11.6. The van der Waals surface area contributed by atoms with Crippen molar-refractivity contribution in [2.75, 3.05) is 10.0 Å². The maximum absolute atomic E-state index is 12.7. The maximum atomic E-state index is 12.7. The van der Waals surface area contributed by atoms with Gasteiger partial charge in [0.25, 0.3) is 10.0 Å². The highest BCUT2D eigenvalue weighted by molar-refractivity contribution is 7.92. The topological polar surface area (TPSA) is 75.3 Å². The Bertz CT molecular complexity index is 1100. The number of nitrogens with one attached hydrogen (secondary N) is 2. The Morgan fingerprint density at radius 1 is 0.786 bits per heavy atom. The average Bonchev–Trinajstić information content (AvgIpc) is 2.65. The van der Waals surface area contributed by atoms with Gasteiger partial charge in [0.15, 0.2) is 5.78 Å². The number of aryl methyl sites for hydroxylation is 2. The molecule has 0 saturated heterocycles. The fraction of sp³-hybridized carbons (Fsp3) is 0.136. The molecule has 3 aromatic carbocycles. The van der Waals surface area contributed by atoms with Gasteiger partial charge < -0.3 is 5.32 Å². The van der Waals surface area contributed by atoms with E-state index < -0.39 is 10.0 Å². The molecule has 3 rings (SSSR count). The van der Waals surface area contributed by atoms with Crippen LogP contribution in [0.3, 0.4) is 0 Å². The first-order valence-corrected chi connectivity index (χ1v) is 10.3. The molecule has 0 atom stereocenters. The lowest BCUT2D eigenvalue weighted by Crippen LogP contribution is -2.14. The Morgan fingerprint density at radius 2 is 1.32 bits per heavy atom. The van der Waals surface area contributed by atoms with Crippen molar-refractivity contribution in [2.24, 2.45) is 0 Å². The second-order valence-electron chi connectivity index (χ2n) is 6.71. The summed E-state index contributed by atoms with van der Waals surface area (Å²) in [5.41, 5.74) is 4.38. The summed E-state index contributed by atoms with van der Waals surface area (Å²) in [6, 6.07) is 19.5. The highest BCUT2D eigenvalue weighted by Gasteiger charge is 2.17. The summed E-state index contributed by atoms with van der Waals surface area (Å²) < 4.78 is 28.0. The van der Waals surface area contributed by atoms with Crippen LogP contribution < -0.4 is 10.0 Å². The van der Waals surface area contributed by atoms with E-state index in [9.17, 15) is 13.2 Å². The van der Waals surface area contributed by atoms with E-state index in [4.69, 9.17) is 0 Å². The van der Waals surface area contributed by atoms with Gasteiger partial charge in [0.1, 0.15) is 0 Å². The smallest absolute Gasteiger partial charge is 0.262 e. The standard InChI is InChI=1S/C22H22N2O3S/c1-15-4-5-16(2)22(14-15)28(26,27)24-21-12-10-20(11-13-21)23-19-8-6-18(7-9-19)17(3)25/h4-14,23-24H,1-3H3. The minimum atomic E-state index is -3.65. The number of carbonyl (C=O) groups excluding carboxylic acids is 1. The highest BCUT2D eigenvalue weighted by atomic mass is 32.2. The minimum Gasteiger partial charge on any atom is -0.356 e. The third-order valence-electron chi connectivity index (χ3n) is 4.35. The molecule has 0 radical (unpaired) electrons. The van der Waals surface area contributed by atoms with Crippen molar-refractivity contribution in [1.29, 1.82) is 0 Å². The second-order valence-corrected chi connectivity index (χ2v) is 8.36. The SMILES string of the molecule is CC(=O)c1ccc(Nc2ccc(NS(=O)(=O)c3cc(C)ccc3C)cc2)cc1. The molecule has 0 amide bonds. The molecule has 0 aliphatic rings. The molecule has 0 fully saturated rings. The van der Waals surface area contributed by atoms with Crippen LogP contribution in [0.4, 0.5) is 17.1 Å². The first kappa shape index (κ1) is 19.6. The van der Waals surface area contributed by atoms with Crippen LogP contribution in [-0.2, 0) is 10.0 Å². The van der Waals surface area contributed by atoms with Gasteiger partial charge in [-0.2, -0.15) is 0 Å². The molecule has 0 heterocycles. The predicted molar refractivity (Wildman–Crippen MR) is 113 cm³/mol. The zero-order chi connectivity index (χ0) is 20.3. The van der Waals surface area contributed by atoms with Crippen molar-refractivity contribution in [2.45, 2.75) is 25.7 Å². The molecule has 0 spiro atoms. The number of hydrogen-bond acceptors (Lipinski definition) is 4. The minimum absolute atomic E-state index is 0.0204. The van der Waals surface area contributed by atoms with Gasteiger partial charge in [-0.3, -0.25) is 9.52 Å². The molecule has 0 bridgehead atoms. The fourth-order valence-corrected chi connectivity index (χ4v) is 4.17. The van der Waals surface area contributed by atoms with Gasteiger partial charge in [-0.15, -0.1) is 0 Å². The highest BCUT2D eigenvalue weighted by Crippen LogP contribution is 2.23. The van der Waals surface area contributed by atoms with Crippen LogP contribution in [-0.4, -0.2) is 14.2 Å². The Balaban J connectivity index is 1.73. The normalized spacial score (nSPS) is 11.1. The number of Topliss-reactive ketones (excluding diaryl/α,β-unsaturated/α-hetero) is 1. The van der Waals surface area contributed by atoms with Crippen molar-refractivity contribution in [3.05, 3.63) is 83.4 Å². The molecule has 6 heteroatoms. The van der Waals surface area contributed by atoms with Crippen LogP contribution in [0.1, 0.15) is 28.4 Å². The number of sulfonamides is 1. The molecular formula is C22H22N2O3S. The fourth-order valence-electron chi connectivity index (χ4n) is 2.78. The van der Waals surface area contributed by atoms with Crippen molar-refractivity contribution in [3.8, 4) is 0 Å². The Hall–Kier alpha value is -3.12. The average molecular weight is 394 g/mol. The lowest BCUT2D eigenvalue weighted by Gasteiger charge is -2.12. The van der Waals surface area contributed by atoms with Crippen LogP contribution >= 0.6 is 0 Å². The van der Waals surface area contributed by atoms with Gasteiger partial charge in [0.05, 0.1) is 4.90 Å². The van der Waals surface area contributed by atoms with Crippen LogP contribution in [0.15, 0.2) is 71.6 Å². The van der Waals surface area contributed by atoms with E-state index in [0.717, 1.165) is 16.9 Å². The largest absolute Gasteiger partial charge is 0.356 e. The molecule has 0 unspecified atom stereocenters. The first-order chi connectivity index (χ1) is 13.2. The summed E-state index contributed by atoms with van der Waals surface area (Å²) in [7, 11) is -3.65. The number of hydrogen-bond donors (Lipinski definition) is 2. The molecule has 144 valence electrons. The van der Waals surface area contributed by atoms with E-state index in [2.05, 4.69) is 10.0 Å². The van der Waals surface area contributed by atoms with Crippen molar-refractivity contribution < 1.29 is 13.2 Å². The van der Waals surface area contributed by atoms with Gasteiger partial charge in [0, 0.05) is 22.6 Å². The van der Waals surface area contributed by atoms with Crippen molar-refractivity contribution in [1.82, 2.24) is 0 Å². The molecular weight excluding hydrogens is 372 g/mol. The molecule has 5 nitrogen and oxygen atoms in total. The summed E-state index contributed by atoms with van der Waals surface area (Å²) in [6.07, 6.45) is 0. The first-order valence-electron chi connectivity index (χ1n) is 8.83. The maximum Gasteiger partial charge on any atom is 0.262 e. The van der Waals surface area contributed by atoms with Crippen LogP contribution in [0, 0.1) is 13.8 Å². The molecule has 0 saturated carbocycles. The second kappa shape index (κ2) is 7.86. The number of benzene rings is 3. The third-order valence-corrected chi connectivity index (χ3v) is 5.87. The van der Waals surface area contributed by atoms with Crippen LogP contribution in [0.2, 0.25) is 0 Å². The monoisotopic (exact) mass is 394 g/mol. The lowest BCUT2D eigenvalue weighted by atomic mass is 10.1. The number of anilines is 3. The van der Waals surface area contributed by atoms with Gasteiger partial charge >= 0.3 is 0 Å². The summed E-state index contributed by atoms with van der Waals surface area (Å²) >= 11 is 0. The van der Waals surface area contributed by atoms with E-state index in [1.54, 1.807) is 55.5 Å². The third kappa shape index (κ3) is 4.58. The number of carbonyl (C=O) groups is 1. The zero-order valence-corrected chi connectivity index (χ0v) is 16.8.